The highest BCUT2D eigenvalue weighted by molar-refractivity contribution is 6.30. The van der Waals surface area contributed by atoms with Crippen LogP contribution in [0.5, 0.6) is 0 Å². The van der Waals surface area contributed by atoms with Gasteiger partial charge >= 0.3 is 5.97 Å². The molecule has 0 atom stereocenters. The predicted molar refractivity (Wildman–Crippen MR) is 65.0 cm³/mol. The maximum Gasteiger partial charge on any atom is 0.309 e. The molecule has 17 heavy (non-hydrogen) atoms. The Morgan fingerprint density at radius 2 is 2.06 bits per heavy atom. The average Bonchev–Trinajstić information content (AvgIpc) is 2.58. The van der Waals surface area contributed by atoms with Crippen LogP contribution < -0.4 is 0 Å². The topological polar surface area (TPSA) is 55.1 Å². The van der Waals surface area contributed by atoms with E-state index in [0.717, 1.165) is 5.56 Å². The van der Waals surface area contributed by atoms with Crippen molar-refractivity contribution in [1.82, 2.24) is 9.55 Å². The van der Waals surface area contributed by atoms with Gasteiger partial charge < -0.3 is 9.67 Å². The Labute approximate surface area is 103 Å². The van der Waals surface area contributed by atoms with E-state index in [1.54, 1.807) is 11.6 Å². The van der Waals surface area contributed by atoms with Crippen molar-refractivity contribution in [3.8, 4) is 11.4 Å². The molecular formula is C12H11ClN2O2. The van der Waals surface area contributed by atoms with Gasteiger partial charge in [0.15, 0.2) is 5.15 Å². The van der Waals surface area contributed by atoms with Crippen LogP contribution in [0.1, 0.15) is 5.69 Å². The standard InChI is InChI=1S/C12H11ClN2O2/c1-15-9(7-10(16)17)11(13)14-12(15)8-5-3-2-4-6-8/h2-6H,7H2,1H3,(H,16,17). The number of benzene rings is 1. The molecule has 2 rings (SSSR count). The van der Waals surface area contributed by atoms with Gasteiger partial charge in [-0.05, 0) is 0 Å². The van der Waals surface area contributed by atoms with Gasteiger partial charge in [0, 0.05) is 12.6 Å². The summed E-state index contributed by atoms with van der Waals surface area (Å²) in [6, 6.07) is 9.52. The molecule has 1 N–H and O–H groups in total. The maximum atomic E-state index is 10.7. The van der Waals surface area contributed by atoms with Crippen LogP contribution in [-0.4, -0.2) is 20.6 Å². The molecule has 0 spiro atoms. The summed E-state index contributed by atoms with van der Waals surface area (Å²) in [6.07, 6.45) is -0.130. The third-order valence-corrected chi connectivity index (χ3v) is 2.82. The lowest BCUT2D eigenvalue weighted by Crippen LogP contribution is -2.06. The first-order chi connectivity index (χ1) is 8.09. The molecule has 1 heterocycles. The molecule has 1 aromatic heterocycles. The van der Waals surface area contributed by atoms with Gasteiger partial charge in [0.25, 0.3) is 0 Å². The molecule has 0 aliphatic heterocycles. The van der Waals surface area contributed by atoms with Crippen LogP contribution >= 0.6 is 11.6 Å². The number of hydrogen-bond acceptors (Lipinski definition) is 2. The SMILES string of the molecule is Cn1c(-c2ccccc2)nc(Cl)c1CC(=O)O. The van der Waals surface area contributed by atoms with E-state index in [9.17, 15) is 4.79 Å². The van der Waals surface area contributed by atoms with Crippen LogP contribution in [0.2, 0.25) is 5.15 Å². The Morgan fingerprint density at radius 1 is 1.41 bits per heavy atom. The van der Waals surface area contributed by atoms with Gasteiger partial charge in [-0.3, -0.25) is 4.79 Å². The number of nitrogens with zero attached hydrogens (tertiary/aromatic N) is 2. The highest BCUT2D eigenvalue weighted by Crippen LogP contribution is 2.24. The first-order valence-corrected chi connectivity index (χ1v) is 5.45. The molecule has 0 unspecified atom stereocenters. The molecule has 0 fully saturated rings. The summed E-state index contributed by atoms with van der Waals surface area (Å²) in [7, 11) is 1.76. The van der Waals surface area contributed by atoms with Crippen LogP contribution in [0.15, 0.2) is 30.3 Å². The summed E-state index contributed by atoms with van der Waals surface area (Å²) >= 11 is 5.95. The quantitative estimate of drug-likeness (QED) is 0.910. The minimum Gasteiger partial charge on any atom is -0.481 e. The van der Waals surface area contributed by atoms with E-state index in [2.05, 4.69) is 4.98 Å². The Balaban J connectivity index is 2.48. The number of carboxylic acid groups (broad SMARTS) is 1. The Hall–Kier alpha value is -1.81. The minimum atomic E-state index is -0.922. The van der Waals surface area contributed by atoms with Crippen molar-refractivity contribution < 1.29 is 9.90 Å². The summed E-state index contributed by atoms with van der Waals surface area (Å²) < 4.78 is 1.71. The second kappa shape index (κ2) is 4.59. The molecule has 0 aliphatic carbocycles. The third kappa shape index (κ3) is 2.31. The monoisotopic (exact) mass is 250 g/mol. The van der Waals surface area contributed by atoms with Gasteiger partial charge in [-0.25, -0.2) is 4.98 Å². The Bertz CT molecular complexity index is 549. The number of rotatable bonds is 3. The zero-order valence-electron chi connectivity index (χ0n) is 9.22. The lowest BCUT2D eigenvalue weighted by atomic mass is 10.2. The highest BCUT2D eigenvalue weighted by atomic mass is 35.5. The Morgan fingerprint density at radius 3 is 2.65 bits per heavy atom. The molecule has 88 valence electrons. The number of imidazole rings is 1. The number of halogens is 1. The van der Waals surface area contributed by atoms with Gasteiger partial charge in [0.2, 0.25) is 0 Å². The number of aromatic nitrogens is 2. The van der Waals surface area contributed by atoms with Crippen LogP contribution in [0.4, 0.5) is 0 Å². The summed E-state index contributed by atoms with van der Waals surface area (Å²) in [5, 5.41) is 9.04. The van der Waals surface area contributed by atoms with Crippen molar-refractivity contribution in [3.05, 3.63) is 41.2 Å². The van der Waals surface area contributed by atoms with E-state index >= 15 is 0 Å². The molecule has 4 nitrogen and oxygen atoms in total. The molecule has 0 aliphatic rings. The molecule has 0 radical (unpaired) electrons. The van der Waals surface area contributed by atoms with E-state index in [1.165, 1.54) is 0 Å². The van der Waals surface area contributed by atoms with Crippen LogP contribution in [0, 0.1) is 0 Å². The number of carboxylic acids is 1. The lowest BCUT2D eigenvalue weighted by Gasteiger charge is -2.04. The average molecular weight is 251 g/mol. The predicted octanol–water partition coefficient (Wildman–Crippen LogP) is 2.37. The van der Waals surface area contributed by atoms with Crippen LogP contribution in [-0.2, 0) is 18.3 Å². The number of carbonyl (C=O) groups is 1. The number of hydrogen-bond donors (Lipinski definition) is 1. The van der Waals surface area contributed by atoms with Crippen molar-refractivity contribution in [2.75, 3.05) is 0 Å². The minimum absolute atomic E-state index is 0.130. The van der Waals surface area contributed by atoms with Gasteiger partial charge in [-0.15, -0.1) is 0 Å². The second-order valence-electron chi connectivity index (χ2n) is 3.67. The van der Waals surface area contributed by atoms with E-state index in [4.69, 9.17) is 16.7 Å². The van der Waals surface area contributed by atoms with Gasteiger partial charge in [0.1, 0.15) is 5.82 Å². The van der Waals surface area contributed by atoms with Crippen molar-refractivity contribution in [1.29, 1.82) is 0 Å². The van der Waals surface area contributed by atoms with Crippen molar-refractivity contribution >= 4 is 17.6 Å². The molecular weight excluding hydrogens is 240 g/mol. The van der Waals surface area contributed by atoms with Gasteiger partial charge in [-0.2, -0.15) is 0 Å². The van der Waals surface area contributed by atoms with E-state index in [0.29, 0.717) is 11.5 Å². The zero-order chi connectivity index (χ0) is 12.4. The van der Waals surface area contributed by atoms with Crippen LogP contribution in [0.3, 0.4) is 0 Å². The first kappa shape index (κ1) is 11.7. The largest absolute Gasteiger partial charge is 0.481 e. The highest BCUT2D eigenvalue weighted by Gasteiger charge is 2.16. The first-order valence-electron chi connectivity index (χ1n) is 5.08. The third-order valence-electron chi connectivity index (χ3n) is 2.52. The lowest BCUT2D eigenvalue weighted by molar-refractivity contribution is -0.136. The second-order valence-corrected chi connectivity index (χ2v) is 4.03. The summed E-state index contributed by atoms with van der Waals surface area (Å²) in [4.78, 5) is 14.9. The van der Waals surface area contributed by atoms with Gasteiger partial charge in [-0.1, -0.05) is 41.9 Å². The van der Waals surface area contributed by atoms with Crippen molar-refractivity contribution in [2.45, 2.75) is 6.42 Å². The summed E-state index contributed by atoms with van der Waals surface area (Å²) in [6.45, 7) is 0. The fraction of sp³-hybridized carbons (Fsp3) is 0.167. The fourth-order valence-electron chi connectivity index (χ4n) is 1.68. The molecule has 5 heteroatoms. The normalized spacial score (nSPS) is 10.5. The van der Waals surface area contributed by atoms with E-state index in [1.807, 2.05) is 30.3 Å². The summed E-state index contributed by atoms with van der Waals surface area (Å²) in [5.41, 5.74) is 1.42. The zero-order valence-corrected chi connectivity index (χ0v) is 9.98. The maximum absolute atomic E-state index is 10.7. The van der Waals surface area contributed by atoms with Gasteiger partial charge in [0.05, 0.1) is 12.1 Å². The molecule has 0 bridgehead atoms. The van der Waals surface area contributed by atoms with Crippen LogP contribution in [0.25, 0.3) is 11.4 Å². The fourth-order valence-corrected chi connectivity index (χ4v) is 1.95. The molecule has 0 saturated heterocycles. The molecule has 2 aromatic rings. The summed E-state index contributed by atoms with van der Waals surface area (Å²) in [5.74, 6) is -0.249. The smallest absolute Gasteiger partial charge is 0.309 e. The van der Waals surface area contributed by atoms with Crippen molar-refractivity contribution in [3.63, 3.8) is 0 Å². The molecule has 0 saturated carbocycles. The van der Waals surface area contributed by atoms with Crippen molar-refractivity contribution in [2.24, 2.45) is 7.05 Å². The molecule has 0 amide bonds. The Kier molecular flexibility index (Phi) is 3.15. The molecule has 1 aromatic carbocycles. The van der Waals surface area contributed by atoms with E-state index < -0.39 is 5.97 Å². The number of aliphatic carboxylic acids is 1. The van der Waals surface area contributed by atoms with E-state index in [-0.39, 0.29) is 11.6 Å².